The van der Waals surface area contributed by atoms with Crippen LogP contribution in [0.4, 0.5) is 0 Å². The molecule has 0 saturated heterocycles. The number of thioether (sulfide) groups is 1. The van der Waals surface area contributed by atoms with Gasteiger partial charge in [0.25, 0.3) is 0 Å². The van der Waals surface area contributed by atoms with E-state index in [2.05, 4.69) is 35.3 Å². The quantitative estimate of drug-likeness (QED) is 0.647. The molecule has 1 aliphatic carbocycles. The van der Waals surface area contributed by atoms with Crippen LogP contribution in [0, 0.1) is 13.8 Å². The van der Waals surface area contributed by atoms with Crippen LogP contribution >= 0.6 is 11.8 Å². The molecule has 0 atom stereocenters. The Kier molecular flexibility index (Phi) is 5.91. The van der Waals surface area contributed by atoms with Crippen molar-refractivity contribution in [3.8, 4) is 0 Å². The van der Waals surface area contributed by atoms with Gasteiger partial charge >= 0.3 is 0 Å². The van der Waals surface area contributed by atoms with Crippen molar-refractivity contribution in [3.05, 3.63) is 24.0 Å². The standard InChI is InChI=1S/C16H25N3OS/c1-4-10-17-15(20)11-21-16-18-12(2)13(3)19(16)14-8-6-5-7-9-14/h4,14H,1,5-11H2,2-3H3,(H,17,20). The third-order valence-corrected chi connectivity index (χ3v) is 5.02. The number of carbonyl (C=O) groups is 1. The number of carbonyl (C=O) groups excluding carboxylic acids is 1. The van der Waals surface area contributed by atoms with Gasteiger partial charge in [-0.2, -0.15) is 0 Å². The fourth-order valence-corrected chi connectivity index (χ4v) is 3.82. The predicted molar refractivity (Wildman–Crippen MR) is 87.8 cm³/mol. The Morgan fingerprint density at radius 3 is 2.81 bits per heavy atom. The van der Waals surface area contributed by atoms with E-state index in [0.717, 1.165) is 10.9 Å². The van der Waals surface area contributed by atoms with Crippen LogP contribution in [0.1, 0.15) is 49.5 Å². The van der Waals surface area contributed by atoms with E-state index in [0.29, 0.717) is 18.3 Å². The zero-order chi connectivity index (χ0) is 15.2. The maximum absolute atomic E-state index is 11.7. The number of rotatable bonds is 6. The first-order valence-corrected chi connectivity index (χ1v) is 8.68. The molecular weight excluding hydrogens is 282 g/mol. The molecule has 0 radical (unpaired) electrons. The van der Waals surface area contributed by atoms with Crippen molar-refractivity contribution >= 4 is 17.7 Å². The second-order valence-corrected chi connectivity index (χ2v) is 6.55. The maximum atomic E-state index is 11.7. The van der Waals surface area contributed by atoms with Crippen LogP contribution in [0.3, 0.4) is 0 Å². The second-order valence-electron chi connectivity index (χ2n) is 5.61. The average Bonchev–Trinajstić information content (AvgIpc) is 2.79. The fraction of sp³-hybridized carbons (Fsp3) is 0.625. The molecule has 0 aliphatic heterocycles. The Hall–Kier alpha value is -1.23. The van der Waals surface area contributed by atoms with Crippen LogP contribution in [0.5, 0.6) is 0 Å². The lowest BCUT2D eigenvalue weighted by Crippen LogP contribution is -2.25. The first-order chi connectivity index (χ1) is 10.1. The Balaban J connectivity index is 2.06. The molecule has 1 N–H and O–H groups in total. The number of aromatic nitrogens is 2. The Morgan fingerprint density at radius 2 is 2.14 bits per heavy atom. The molecule has 2 rings (SSSR count). The van der Waals surface area contributed by atoms with E-state index in [1.807, 2.05) is 0 Å². The van der Waals surface area contributed by atoms with Crippen molar-refractivity contribution in [2.75, 3.05) is 12.3 Å². The second kappa shape index (κ2) is 7.69. The number of hydrogen-bond donors (Lipinski definition) is 1. The molecule has 0 unspecified atom stereocenters. The van der Waals surface area contributed by atoms with Gasteiger partial charge in [0.15, 0.2) is 5.16 Å². The van der Waals surface area contributed by atoms with E-state index >= 15 is 0 Å². The zero-order valence-electron chi connectivity index (χ0n) is 13.0. The van der Waals surface area contributed by atoms with Gasteiger partial charge in [-0.05, 0) is 26.7 Å². The summed E-state index contributed by atoms with van der Waals surface area (Å²) in [5, 5.41) is 3.80. The van der Waals surface area contributed by atoms with E-state index in [9.17, 15) is 4.79 Å². The predicted octanol–water partition coefficient (Wildman–Crippen LogP) is 3.40. The van der Waals surface area contributed by atoms with Crippen molar-refractivity contribution in [2.45, 2.75) is 57.1 Å². The van der Waals surface area contributed by atoms with Crippen molar-refractivity contribution in [2.24, 2.45) is 0 Å². The van der Waals surface area contributed by atoms with Gasteiger partial charge in [-0.25, -0.2) is 4.98 Å². The third kappa shape index (κ3) is 4.13. The average molecular weight is 307 g/mol. The number of nitrogens with one attached hydrogen (secondary N) is 1. The minimum absolute atomic E-state index is 0.0356. The van der Waals surface area contributed by atoms with Crippen LogP contribution in [-0.2, 0) is 4.79 Å². The molecule has 1 fully saturated rings. The van der Waals surface area contributed by atoms with Crippen LogP contribution in [0.25, 0.3) is 0 Å². The first-order valence-electron chi connectivity index (χ1n) is 7.69. The largest absolute Gasteiger partial charge is 0.352 e. The van der Waals surface area contributed by atoms with Gasteiger partial charge in [0, 0.05) is 18.3 Å². The van der Waals surface area contributed by atoms with E-state index in [4.69, 9.17) is 0 Å². The van der Waals surface area contributed by atoms with Crippen LogP contribution < -0.4 is 5.32 Å². The van der Waals surface area contributed by atoms with Gasteiger partial charge in [0.2, 0.25) is 5.91 Å². The summed E-state index contributed by atoms with van der Waals surface area (Å²) < 4.78 is 2.36. The van der Waals surface area contributed by atoms with Gasteiger partial charge < -0.3 is 9.88 Å². The number of imidazole rings is 1. The molecule has 116 valence electrons. The highest BCUT2D eigenvalue weighted by Crippen LogP contribution is 2.34. The van der Waals surface area contributed by atoms with Crippen molar-refractivity contribution < 1.29 is 4.79 Å². The summed E-state index contributed by atoms with van der Waals surface area (Å²) in [4.78, 5) is 16.4. The fourth-order valence-electron chi connectivity index (χ4n) is 2.83. The van der Waals surface area contributed by atoms with E-state index in [1.54, 1.807) is 6.08 Å². The SMILES string of the molecule is C=CCNC(=O)CSc1nc(C)c(C)n1C1CCCCC1. The summed E-state index contributed by atoms with van der Waals surface area (Å²) >= 11 is 1.54. The monoisotopic (exact) mass is 307 g/mol. The molecule has 0 aromatic carbocycles. The smallest absolute Gasteiger partial charge is 0.230 e. The van der Waals surface area contributed by atoms with Crippen molar-refractivity contribution in [3.63, 3.8) is 0 Å². The van der Waals surface area contributed by atoms with Gasteiger partial charge in [-0.3, -0.25) is 4.79 Å². The molecule has 1 aliphatic rings. The number of hydrogen-bond acceptors (Lipinski definition) is 3. The minimum Gasteiger partial charge on any atom is -0.352 e. The van der Waals surface area contributed by atoms with E-state index in [1.165, 1.54) is 49.6 Å². The molecule has 1 heterocycles. The summed E-state index contributed by atoms with van der Waals surface area (Å²) in [6, 6.07) is 0.554. The lowest BCUT2D eigenvalue weighted by atomic mass is 9.95. The summed E-state index contributed by atoms with van der Waals surface area (Å²) in [5.41, 5.74) is 2.32. The summed E-state index contributed by atoms with van der Waals surface area (Å²) in [7, 11) is 0. The topological polar surface area (TPSA) is 46.9 Å². The molecule has 5 heteroatoms. The molecule has 1 saturated carbocycles. The van der Waals surface area contributed by atoms with E-state index < -0.39 is 0 Å². The Morgan fingerprint density at radius 1 is 1.43 bits per heavy atom. The molecule has 0 bridgehead atoms. The molecule has 1 amide bonds. The van der Waals surface area contributed by atoms with Crippen LogP contribution in [0.2, 0.25) is 0 Å². The van der Waals surface area contributed by atoms with Gasteiger partial charge in [0.1, 0.15) is 0 Å². The molecule has 21 heavy (non-hydrogen) atoms. The highest BCUT2D eigenvalue weighted by molar-refractivity contribution is 7.99. The Bertz CT molecular complexity index is 504. The summed E-state index contributed by atoms with van der Waals surface area (Å²) in [6.07, 6.45) is 8.09. The summed E-state index contributed by atoms with van der Waals surface area (Å²) in [5.74, 6) is 0.449. The third-order valence-electron chi connectivity index (χ3n) is 4.07. The van der Waals surface area contributed by atoms with E-state index in [-0.39, 0.29) is 5.91 Å². The maximum Gasteiger partial charge on any atom is 0.230 e. The number of nitrogens with zero attached hydrogens (tertiary/aromatic N) is 2. The van der Waals surface area contributed by atoms with Crippen LogP contribution in [0.15, 0.2) is 17.8 Å². The molecular formula is C16H25N3OS. The zero-order valence-corrected chi connectivity index (χ0v) is 13.8. The number of aryl methyl sites for hydroxylation is 1. The van der Waals surface area contributed by atoms with Gasteiger partial charge in [-0.1, -0.05) is 37.1 Å². The normalized spacial score (nSPS) is 15.9. The lowest BCUT2D eigenvalue weighted by molar-refractivity contribution is -0.118. The summed E-state index contributed by atoms with van der Waals surface area (Å²) in [6.45, 7) is 8.32. The highest BCUT2D eigenvalue weighted by atomic mass is 32.2. The molecule has 1 aromatic heterocycles. The Labute approximate surface area is 131 Å². The first kappa shape index (κ1) is 16.1. The molecule has 1 aromatic rings. The molecule has 4 nitrogen and oxygen atoms in total. The van der Waals surface area contributed by atoms with Crippen LogP contribution in [-0.4, -0.2) is 27.8 Å². The highest BCUT2D eigenvalue weighted by Gasteiger charge is 2.22. The number of amides is 1. The van der Waals surface area contributed by atoms with Crippen molar-refractivity contribution in [1.82, 2.24) is 14.9 Å². The molecule has 0 spiro atoms. The van der Waals surface area contributed by atoms with Gasteiger partial charge in [-0.15, -0.1) is 6.58 Å². The lowest BCUT2D eigenvalue weighted by Gasteiger charge is -2.26. The van der Waals surface area contributed by atoms with Gasteiger partial charge in [0.05, 0.1) is 11.4 Å². The van der Waals surface area contributed by atoms with Crippen molar-refractivity contribution in [1.29, 1.82) is 0 Å². The minimum atomic E-state index is 0.0356.